The summed E-state index contributed by atoms with van der Waals surface area (Å²) in [5, 5.41) is 0. The molecule has 5 aliphatic rings. The number of rotatable bonds is 1. The standard InChI is InChI=1S/C20H24O5/c1-12-7-16(21)20-11-23-17-19(12,8-14(25-17)13-4-6-22-9-13)15(20)3-2-5-18(20)10-24-18/h4,6,9,12,14-15,17H,2-3,5,7-8,10-11H2,1H3/t12-,14?,15-,17?,18?,19?,20+/m0/s1. The molecule has 134 valence electrons. The average Bonchev–Trinajstić information content (AvgIpc) is 3.06. The van der Waals surface area contributed by atoms with E-state index in [1.807, 2.05) is 6.07 Å². The maximum atomic E-state index is 13.3. The third-order valence-corrected chi connectivity index (χ3v) is 8.17. The molecule has 5 heteroatoms. The molecule has 2 saturated carbocycles. The summed E-state index contributed by atoms with van der Waals surface area (Å²) in [6, 6.07) is 1.98. The topological polar surface area (TPSA) is 61.2 Å². The summed E-state index contributed by atoms with van der Waals surface area (Å²) >= 11 is 0. The molecule has 1 aromatic heterocycles. The van der Waals surface area contributed by atoms with Gasteiger partial charge < -0.3 is 18.6 Å². The number of hydrogen-bond acceptors (Lipinski definition) is 5. The van der Waals surface area contributed by atoms with Crippen molar-refractivity contribution in [1.82, 2.24) is 0 Å². The number of hydrogen-bond donors (Lipinski definition) is 0. The highest BCUT2D eigenvalue weighted by Gasteiger charge is 2.79. The van der Waals surface area contributed by atoms with Gasteiger partial charge in [0.2, 0.25) is 0 Å². The molecule has 7 atom stereocenters. The Bertz CT molecular complexity index is 722. The van der Waals surface area contributed by atoms with Crippen molar-refractivity contribution in [2.45, 2.75) is 57.0 Å². The number of carbonyl (C=O) groups is 1. The van der Waals surface area contributed by atoms with Gasteiger partial charge in [0.1, 0.15) is 11.4 Å². The van der Waals surface area contributed by atoms with Crippen molar-refractivity contribution >= 4 is 5.78 Å². The van der Waals surface area contributed by atoms with Gasteiger partial charge in [0.05, 0.1) is 37.3 Å². The lowest BCUT2D eigenvalue weighted by atomic mass is 9.42. The molecule has 0 N–H and O–H groups in total. The molecule has 0 amide bonds. The number of epoxide rings is 1. The zero-order valence-corrected chi connectivity index (χ0v) is 14.5. The van der Waals surface area contributed by atoms with Crippen LogP contribution in [0.25, 0.3) is 0 Å². The van der Waals surface area contributed by atoms with E-state index in [2.05, 4.69) is 6.92 Å². The molecular formula is C20H24O5. The van der Waals surface area contributed by atoms with E-state index >= 15 is 0 Å². The first-order valence-electron chi connectivity index (χ1n) is 9.59. The van der Waals surface area contributed by atoms with Crippen LogP contribution in [0.1, 0.15) is 50.7 Å². The normalized spacial score (nSPS) is 53.6. The highest BCUT2D eigenvalue weighted by molar-refractivity contribution is 5.89. The van der Waals surface area contributed by atoms with Crippen LogP contribution in [0.5, 0.6) is 0 Å². The second kappa shape index (κ2) is 4.56. The van der Waals surface area contributed by atoms with Crippen molar-refractivity contribution in [2.24, 2.45) is 22.7 Å². The van der Waals surface area contributed by atoms with Crippen molar-refractivity contribution < 1.29 is 23.4 Å². The Balaban J connectivity index is 1.48. The first kappa shape index (κ1) is 14.9. The summed E-state index contributed by atoms with van der Waals surface area (Å²) in [5.74, 6) is 0.954. The Hall–Kier alpha value is -1.17. The second-order valence-electron chi connectivity index (χ2n) is 8.87. The molecule has 4 unspecified atom stereocenters. The summed E-state index contributed by atoms with van der Waals surface area (Å²) in [7, 11) is 0. The van der Waals surface area contributed by atoms with Crippen molar-refractivity contribution in [1.29, 1.82) is 0 Å². The molecule has 5 fully saturated rings. The molecule has 25 heavy (non-hydrogen) atoms. The van der Waals surface area contributed by atoms with Gasteiger partial charge in [-0.2, -0.15) is 0 Å². The molecule has 5 nitrogen and oxygen atoms in total. The second-order valence-corrected chi connectivity index (χ2v) is 8.87. The third kappa shape index (κ3) is 1.55. The van der Waals surface area contributed by atoms with Gasteiger partial charge in [0.15, 0.2) is 6.29 Å². The van der Waals surface area contributed by atoms with Crippen molar-refractivity contribution in [3.8, 4) is 0 Å². The maximum absolute atomic E-state index is 13.3. The summed E-state index contributed by atoms with van der Waals surface area (Å²) in [4.78, 5) is 13.3. The molecule has 6 rings (SSSR count). The van der Waals surface area contributed by atoms with Gasteiger partial charge in [-0.1, -0.05) is 13.3 Å². The summed E-state index contributed by atoms with van der Waals surface area (Å²) < 4.78 is 24.0. The zero-order valence-electron chi connectivity index (χ0n) is 14.5. The van der Waals surface area contributed by atoms with Gasteiger partial charge in [-0.15, -0.1) is 0 Å². The number of furan rings is 1. The summed E-state index contributed by atoms with van der Waals surface area (Å²) in [5.41, 5.74) is 0.296. The molecule has 2 bridgehead atoms. The predicted octanol–water partition coefficient (Wildman–Crippen LogP) is 3.25. The number of Topliss-reactive ketones (excluding diaryl/α,β-unsaturated/α-hetero) is 1. The SMILES string of the molecule is C[C@H]1CC(=O)[C@@]23COC4OC(c5ccoc5)CC41[C@@H]2CCCC31CO1. The lowest BCUT2D eigenvalue weighted by Crippen LogP contribution is -2.70. The Morgan fingerprint density at radius 1 is 1.28 bits per heavy atom. The van der Waals surface area contributed by atoms with Crippen LogP contribution in [0.4, 0.5) is 0 Å². The van der Waals surface area contributed by atoms with E-state index in [4.69, 9.17) is 18.6 Å². The zero-order chi connectivity index (χ0) is 16.9. The molecular weight excluding hydrogens is 320 g/mol. The minimum atomic E-state index is -0.442. The highest BCUT2D eigenvalue weighted by atomic mass is 16.7. The van der Waals surface area contributed by atoms with E-state index in [9.17, 15) is 4.79 Å². The summed E-state index contributed by atoms with van der Waals surface area (Å²) in [6.07, 6.45) is 8.01. The quantitative estimate of drug-likeness (QED) is 0.732. The van der Waals surface area contributed by atoms with Crippen LogP contribution in [0.15, 0.2) is 23.0 Å². The van der Waals surface area contributed by atoms with Gasteiger partial charge in [0.25, 0.3) is 0 Å². The van der Waals surface area contributed by atoms with Gasteiger partial charge in [-0.05, 0) is 37.2 Å². The first-order chi connectivity index (χ1) is 12.1. The Morgan fingerprint density at radius 2 is 2.16 bits per heavy atom. The molecule has 1 aromatic rings. The first-order valence-corrected chi connectivity index (χ1v) is 9.59. The predicted molar refractivity (Wildman–Crippen MR) is 86.6 cm³/mol. The largest absolute Gasteiger partial charge is 0.472 e. The van der Waals surface area contributed by atoms with Gasteiger partial charge in [-0.25, -0.2) is 0 Å². The van der Waals surface area contributed by atoms with Crippen molar-refractivity contribution in [2.75, 3.05) is 13.2 Å². The van der Waals surface area contributed by atoms with Crippen LogP contribution in [0, 0.1) is 22.7 Å². The lowest BCUT2D eigenvalue weighted by Gasteiger charge is -2.63. The van der Waals surface area contributed by atoms with E-state index in [0.29, 0.717) is 24.7 Å². The number of ketones is 1. The van der Waals surface area contributed by atoms with Crippen LogP contribution in [0.2, 0.25) is 0 Å². The van der Waals surface area contributed by atoms with Gasteiger partial charge in [-0.3, -0.25) is 4.79 Å². The van der Waals surface area contributed by atoms with Gasteiger partial charge >= 0.3 is 0 Å². The third-order valence-electron chi connectivity index (χ3n) is 8.17. The molecule has 2 spiro atoms. The van der Waals surface area contributed by atoms with Gasteiger partial charge in [0, 0.05) is 17.4 Å². The van der Waals surface area contributed by atoms with Crippen LogP contribution < -0.4 is 0 Å². The average molecular weight is 344 g/mol. The Morgan fingerprint density at radius 3 is 2.92 bits per heavy atom. The van der Waals surface area contributed by atoms with Crippen molar-refractivity contribution in [3.63, 3.8) is 0 Å². The van der Waals surface area contributed by atoms with Crippen LogP contribution in [-0.2, 0) is 19.0 Å². The van der Waals surface area contributed by atoms with Crippen LogP contribution in [0.3, 0.4) is 0 Å². The monoisotopic (exact) mass is 344 g/mol. The van der Waals surface area contributed by atoms with E-state index in [1.165, 1.54) is 0 Å². The van der Waals surface area contributed by atoms with Crippen LogP contribution in [-0.4, -0.2) is 30.9 Å². The number of carbonyl (C=O) groups excluding carboxylic acids is 1. The Labute approximate surface area is 147 Å². The smallest absolute Gasteiger partial charge is 0.164 e. The highest BCUT2D eigenvalue weighted by Crippen LogP contribution is 2.73. The fraction of sp³-hybridized carbons (Fsp3) is 0.750. The molecule has 3 saturated heterocycles. The van der Waals surface area contributed by atoms with E-state index < -0.39 is 5.41 Å². The minimum Gasteiger partial charge on any atom is -0.472 e. The molecule has 0 aromatic carbocycles. The van der Waals surface area contributed by atoms with E-state index in [-0.39, 0.29) is 29.3 Å². The summed E-state index contributed by atoms with van der Waals surface area (Å²) in [6.45, 7) is 3.41. The number of ether oxygens (including phenoxy) is 3. The van der Waals surface area contributed by atoms with Crippen LogP contribution >= 0.6 is 0 Å². The lowest BCUT2D eigenvalue weighted by molar-refractivity contribution is -0.293. The fourth-order valence-corrected chi connectivity index (χ4v) is 6.89. The van der Waals surface area contributed by atoms with Crippen molar-refractivity contribution in [3.05, 3.63) is 24.2 Å². The van der Waals surface area contributed by atoms with E-state index in [0.717, 1.165) is 37.9 Å². The molecule has 2 aliphatic carbocycles. The maximum Gasteiger partial charge on any atom is 0.164 e. The molecule has 3 aliphatic heterocycles. The Kier molecular flexibility index (Phi) is 2.73. The molecule has 0 radical (unpaired) electrons. The molecule has 4 heterocycles. The minimum absolute atomic E-state index is 0.00630. The van der Waals surface area contributed by atoms with E-state index in [1.54, 1.807) is 12.5 Å². The fourth-order valence-electron chi connectivity index (χ4n) is 6.89.